The maximum Gasteiger partial charge on any atom is 0.317 e. The minimum Gasteiger partial charge on any atom is -0.336 e. The van der Waals surface area contributed by atoms with E-state index in [4.69, 9.17) is 0 Å². The summed E-state index contributed by atoms with van der Waals surface area (Å²) in [5, 5.41) is 0. The molecule has 1 aromatic heterocycles. The van der Waals surface area contributed by atoms with Crippen molar-refractivity contribution >= 4 is 16.9 Å². The van der Waals surface area contributed by atoms with Crippen molar-refractivity contribution < 1.29 is 4.79 Å². The quantitative estimate of drug-likeness (QED) is 0.559. The van der Waals surface area contributed by atoms with Crippen LogP contribution in [-0.2, 0) is 13.1 Å². The van der Waals surface area contributed by atoms with Crippen molar-refractivity contribution in [3.63, 3.8) is 0 Å². The molecule has 1 saturated heterocycles. The number of carbonyl (C=O) groups excluding carboxylic acids is 1. The Morgan fingerprint density at radius 3 is 2.00 bits per heavy atom. The van der Waals surface area contributed by atoms with Crippen LogP contribution in [0.2, 0.25) is 0 Å². The zero-order valence-electron chi connectivity index (χ0n) is 18.8. The van der Waals surface area contributed by atoms with E-state index in [-0.39, 0.29) is 12.5 Å². The molecule has 32 heavy (non-hydrogen) atoms. The number of piperazine rings is 1. The standard InChI is InChI=1S/C25H30N4O3/c1-3-13-26-14-16-27(17-15-26)23(30)20-11-9-19(10-12-20)18-29-22-8-6-5-7-21(22)28(4-2)24(31)25(29)32/h5-12H,3-4,13-18H2,1-2H3. The normalized spacial score (nSPS) is 14.8. The van der Waals surface area contributed by atoms with Gasteiger partial charge in [0.05, 0.1) is 17.6 Å². The fourth-order valence-corrected chi connectivity index (χ4v) is 4.45. The first-order valence-electron chi connectivity index (χ1n) is 11.4. The number of aryl methyl sites for hydroxylation is 1. The molecule has 0 saturated carbocycles. The van der Waals surface area contributed by atoms with Crippen LogP contribution in [0, 0.1) is 0 Å². The molecule has 0 spiro atoms. The van der Waals surface area contributed by atoms with Crippen molar-refractivity contribution in [2.75, 3.05) is 32.7 Å². The monoisotopic (exact) mass is 434 g/mol. The number of carbonyl (C=O) groups is 1. The minimum absolute atomic E-state index is 0.0425. The Labute approximate surface area is 187 Å². The second-order valence-corrected chi connectivity index (χ2v) is 8.26. The summed E-state index contributed by atoms with van der Waals surface area (Å²) < 4.78 is 3.03. The molecule has 1 amide bonds. The second kappa shape index (κ2) is 9.53. The zero-order valence-corrected chi connectivity index (χ0v) is 18.8. The molecule has 7 heteroatoms. The lowest BCUT2D eigenvalue weighted by Crippen LogP contribution is -2.48. The topological polar surface area (TPSA) is 67.5 Å². The smallest absolute Gasteiger partial charge is 0.317 e. The van der Waals surface area contributed by atoms with Crippen LogP contribution >= 0.6 is 0 Å². The summed E-state index contributed by atoms with van der Waals surface area (Å²) in [6, 6.07) is 14.8. The van der Waals surface area contributed by atoms with Crippen LogP contribution in [0.25, 0.3) is 11.0 Å². The van der Waals surface area contributed by atoms with Gasteiger partial charge in [0, 0.05) is 38.3 Å². The first-order valence-corrected chi connectivity index (χ1v) is 11.4. The van der Waals surface area contributed by atoms with Crippen LogP contribution in [0.3, 0.4) is 0 Å². The van der Waals surface area contributed by atoms with Crippen LogP contribution in [0.15, 0.2) is 58.1 Å². The summed E-state index contributed by atoms with van der Waals surface area (Å²) in [5.74, 6) is 0.0425. The molecule has 0 radical (unpaired) electrons. The van der Waals surface area contributed by atoms with E-state index >= 15 is 0 Å². The van der Waals surface area contributed by atoms with E-state index in [9.17, 15) is 14.4 Å². The Morgan fingerprint density at radius 2 is 1.41 bits per heavy atom. The molecule has 4 rings (SSSR count). The Bertz CT molecular complexity index is 1220. The fraction of sp³-hybridized carbons (Fsp3) is 0.400. The third kappa shape index (κ3) is 4.25. The second-order valence-electron chi connectivity index (χ2n) is 8.26. The van der Waals surface area contributed by atoms with Gasteiger partial charge in [0.25, 0.3) is 5.91 Å². The lowest BCUT2D eigenvalue weighted by atomic mass is 10.1. The van der Waals surface area contributed by atoms with Gasteiger partial charge < -0.3 is 9.47 Å². The van der Waals surface area contributed by atoms with Gasteiger partial charge >= 0.3 is 11.1 Å². The Morgan fingerprint density at radius 1 is 0.812 bits per heavy atom. The average Bonchev–Trinajstić information content (AvgIpc) is 2.83. The summed E-state index contributed by atoms with van der Waals surface area (Å²) in [4.78, 5) is 42.6. The Hall–Kier alpha value is -3.19. The summed E-state index contributed by atoms with van der Waals surface area (Å²) in [7, 11) is 0. The predicted molar refractivity (Wildman–Crippen MR) is 126 cm³/mol. The summed E-state index contributed by atoms with van der Waals surface area (Å²) in [6.45, 7) is 9.15. The molecule has 168 valence electrons. The van der Waals surface area contributed by atoms with E-state index < -0.39 is 11.1 Å². The SMILES string of the molecule is CCCN1CCN(C(=O)c2ccc(Cn3c(=O)c(=O)n(CC)c4ccccc43)cc2)CC1. The van der Waals surface area contributed by atoms with Crippen molar-refractivity contribution in [1.82, 2.24) is 18.9 Å². The number of hydrogen-bond donors (Lipinski definition) is 0. The number of hydrogen-bond acceptors (Lipinski definition) is 4. The number of rotatable bonds is 6. The number of amides is 1. The maximum atomic E-state index is 12.9. The van der Waals surface area contributed by atoms with Crippen molar-refractivity contribution in [3.8, 4) is 0 Å². The minimum atomic E-state index is -0.532. The van der Waals surface area contributed by atoms with Gasteiger partial charge in [-0.1, -0.05) is 31.2 Å². The molecule has 0 aliphatic carbocycles. The van der Waals surface area contributed by atoms with Crippen molar-refractivity contribution in [1.29, 1.82) is 0 Å². The lowest BCUT2D eigenvalue weighted by molar-refractivity contribution is 0.0637. The number of fused-ring (bicyclic) bond motifs is 1. The van der Waals surface area contributed by atoms with Crippen LogP contribution in [0.1, 0.15) is 36.2 Å². The van der Waals surface area contributed by atoms with Gasteiger partial charge in [0.15, 0.2) is 0 Å². The van der Waals surface area contributed by atoms with Gasteiger partial charge in [-0.05, 0) is 49.7 Å². The third-order valence-electron chi connectivity index (χ3n) is 6.19. The molecule has 1 fully saturated rings. The third-order valence-corrected chi connectivity index (χ3v) is 6.19. The van der Waals surface area contributed by atoms with E-state index in [1.807, 2.05) is 60.4 Å². The van der Waals surface area contributed by atoms with Crippen LogP contribution in [0.4, 0.5) is 0 Å². The van der Waals surface area contributed by atoms with Gasteiger partial charge in [-0.3, -0.25) is 23.9 Å². The molecule has 7 nitrogen and oxygen atoms in total. The number of nitrogens with zero attached hydrogens (tertiary/aromatic N) is 4. The molecule has 2 heterocycles. The molecule has 3 aromatic rings. The van der Waals surface area contributed by atoms with Crippen molar-refractivity contribution in [3.05, 3.63) is 80.4 Å². The van der Waals surface area contributed by atoms with Crippen LogP contribution in [0.5, 0.6) is 0 Å². The summed E-state index contributed by atoms with van der Waals surface area (Å²) >= 11 is 0. The summed E-state index contributed by atoms with van der Waals surface area (Å²) in [6.07, 6.45) is 1.13. The van der Waals surface area contributed by atoms with E-state index in [1.54, 1.807) is 0 Å². The zero-order chi connectivity index (χ0) is 22.7. The summed E-state index contributed by atoms with van der Waals surface area (Å²) in [5.41, 5.74) is 1.94. The highest BCUT2D eigenvalue weighted by molar-refractivity contribution is 5.94. The lowest BCUT2D eigenvalue weighted by Gasteiger charge is -2.34. The van der Waals surface area contributed by atoms with Gasteiger partial charge in [0.1, 0.15) is 0 Å². The van der Waals surface area contributed by atoms with Crippen LogP contribution in [-0.4, -0.2) is 57.6 Å². The van der Waals surface area contributed by atoms with Gasteiger partial charge in [0.2, 0.25) is 0 Å². The molecular formula is C25H30N4O3. The predicted octanol–water partition coefficient (Wildman–Crippen LogP) is 2.40. The molecule has 0 bridgehead atoms. The molecule has 0 N–H and O–H groups in total. The molecule has 0 atom stereocenters. The van der Waals surface area contributed by atoms with Crippen LogP contribution < -0.4 is 11.1 Å². The van der Waals surface area contributed by atoms with E-state index in [2.05, 4.69) is 11.8 Å². The maximum absolute atomic E-state index is 12.9. The Kier molecular flexibility index (Phi) is 6.55. The molecule has 1 aliphatic heterocycles. The molecular weight excluding hydrogens is 404 g/mol. The van der Waals surface area contributed by atoms with Crippen molar-refractivity contribution in [2.24, 2.45) is 0 Å². The Balaban J connectivity index is 1.55. The van der Waals surface area contributed by atoms with E-state index in [0.29, 0.717) is 12.1 Å². The first kappa shape index (κ1) is 22.0. The largest absolute Gasteiger partial charge is 0.336 e. The number of benzene rings is 2. The highest BCUT2D eigenvalue weighted by Crippen LogP contribution is 2.14. The van der Waals surface area contributed by atoms with E-state index in [0.717, 1.165) is 55.7 Å². The first-order chi connectivity index (χ1) is 15.5. The highest BCUT2D eigenvalue weighted by Gasteiger charge is 2.21. The molecule has 1 aliphatic rings. The molecule has 0 unspecified atom stereocenters. The van der Waals surface area contributed by atoms with Crippen molar-refractivity contribution in [2.45, 2.75) is 33.4 Å². The van der Waals surface area contributed by atoms with Gasteiger partial charge in [-0.15, -0.1) is 0 Å². The van der Waals surface area contributed by atoms with Gasteiger partial charge in [-0.25, -0.2) is 0 Å². The van der Waals surface area contributed by atoms with Gasteiger partial charge in [-0.2, -0.15) is 0 Å². The molecule has 2 aromatic carbocycles. The highest BCUT2D eigenvalue weighted by atomic mass is 16.2. The number of aromatic nitrogens is 2. The van der Waals surface area contributed by atoms with E-state index in [1.165, 1.54) is 9.13 Å². The fourth-order valence-electron chi connectivity index (χ4n) is 4.45. The average molecular weight is 435 g/mol. The number of para-hydroxylation sites is 2.